The Morgan fingerprint density at radius 1 is 1.25 bits per heavy atom. The van der Waals surface area contributed by atoms with Gasteiger partial charge in [-0.3, -0.25) is 10.1 Å². The molecule has 2 rings (SSSR count). The van der Waals surface area contributed by atoms with Gasteiger partial charge in [0.15, 0.2) is 0 Å². The highest BCUT2D eigenvalue weighted by molar-refractivity contribution is 5.88. The van der Waals surface area contributed by atoms with E-state index in [2.05, 4.69) is 15.1 Å². The lowest BCUT2D eigenvalue weighted by Crippen LogP contribution is -2.07. The van der Waals surface area contributed by atoms with Crippen molar-refractivity contribution in [1.82, 2.24) is 19.7 Å². The predicted octanol–water partition coefficient (Wildman–Crippen LogP) is 0.177. The Bertz CT molecular complexity index is 724. The van der Waals surface area contributed by atoms with Crippen LogP contribution in [0.5, 0.6) is 0 Å². The summed E-state index contributed by atoms with van der Waals surface area (Å²) in [4.78, 5) is 37.2. The standard InChI is InChI=1S/C8H4N6O6/c15-7(16)4-1-5(13(17)18)6(9-2-4)12-3-10-8(11-12)14(19)20/h1-3H,(H,15,16). The van der Waals surface area contributed by atoms with E-state index in [-0.39, 0.29) is 5.82 Å². The first-order chi connectivity index (χ1) is 9.40. The maximum atomic E-state index is 10.9. The molecule has 0 saturated heterocycles. The monoisotopic (exact) mass is 280 g/mol. The summed E-state index contributed by atoms with van der Waals surface area (Å²) in [6.45, 7) is 0. The van der Waals surface area contributed by atoms with E-state index in [1.165, 1.54) is 0 Å². The van der Waals surface area contributed by atoms with Gasteiger partial charge in [0, 0.05) is 17.4 Å². The molecular weight excluding hydrogens is 276 g/mol. The summed E-state index contributed by atoms with van der Waals surface area (Å²) >= 11 is 0. The smallest absolute Gasteiger partial charge is 0.478 e. The van der Waals surface area contributed by atoms with Crippen LogP contribution in [0.15, 0.2) is 18.6 Å². The number of hydrogen-bond acceptors (Lipinski definition) is 8. The second kappa shape index (κ2) is 4.68. The summed E-state index contributed by atoms with van der Waals surface area (Å²) in [6.07, 6.45) is 1.74. The molecule has 2 heterocycles. The number of nitrogens with zero attached hydrogens (tertiary/aromatic N) is 6. The molecule has 0 amide bonds. The average molecular weight is 280 g/mol. The van der Waals surface area contributed by atoms with E-state index in [4.69, 9.17) is 5.11 Å². The van der Waals surface area contributed by atoms with Crippen molar-refractivity contribution in [3.8, 4) is 5.82 Å². The van der Waals surface area contributed by atoms with Crippen LogP contribution < -0.4 is 0 Å². The average Bonchev–Trinajstić information content (AvgIpc) is 2.87. The van der Waals surface area contributed by atoms with Crippen molar-refractivity contribution >= 4 is 17.6 Å². The molecule has 0 atom stereocenters. The van der Waals surface area contributed by atoms with Gasteiger partial charge in [0.25, 0.3) is 0 Å². The third kappa shape index (κ3) is 2.24. The number of rotatable bonds is 4. The van der Waals surface area contributed by atoms with Crippen LogP contribution in [-0.4, -0.2) is 40.7 Å². The number of nitro groups is 2. The minimum atomic E-state index is -1.39. The van der Waals surface area contributed by atoms with Crippen LogP contribution in [0, 0.1) is 20.2 Å². The highest BCUT2D eigenvalue weighted by Crippen LogP contribution is 2.21. The van der Waals surface area contributed by atoms with Gasteiger partial charge in [-0.15, -0.1) is 4.68 Å². The van der Waals surface area contributed by atoms with E-state index in [1.807, 2.05) is 0 Å². The van der Waals surface area contributed by atoms with E-state index in [9.17, 15) is 25.0 Å². The minimum Gasteiger partial charge on any atom is -0.478 e. The van der Waals surface area contributed by atoms with E-state index in [0.717, 1.165) is 23.3 Å². The minimum absolute atomic E-state index is 0.374. The first kappa shape index (κ1) is 13.0. The molecule has 102 valence electrons. The third-order valence-electron chi connectivity index (χ3n) is 2.15. The number of hydrogen-bond donors (Lipinski definition) is 1. The topological polar surface area (TPSA) is 167 Å². The number of carbonyl (C=O) groups is 1. The van der Waals surface area contributed by atoms with Crippen LogP contribution in [0.4, 0.5) is 11.6 Å². The first-order valence-electron chi connectivity index (χ1n) is 4.84. The van der Waals surface area contributed by atoms with Crippen LogP contribution >= 0.6 is 0 Å². The fraction of sp³-hybridized carbons (Fsp3) is 0. The number of aromatic carboxylic acids is 1. The molecule has 0 saturated carbocycles. The number of carboxylic acid groups (broad SMARTS) is 1. The molecule has 0 radical (unpaired) electrons. The van der Waals surface area contributed by atoms with Gasteiger partial charge in [0.2, 0.25) is 12.1 Å². The second-order valence-electron chi connectivity index (χ2n) is 3.38. The summed E-state index contributed by atoms with van der Waals surface area (Å²) in [5.41, 5.74) is -1.06. The van der Waals surface area contributed by atoms with Crippen molar-refractivity contribution in [2.45, 2.75) is 0 Å². The predicted molar refractivity (Wildman–Crippen MR) is 59.4 cm³/mol. The van der Waals surface area contributed by atoms with Gasteiger partial charge in [0.1, 0.15) is 0 Å². The zero-order chi connectivity index (χ0) is 14.9. The molecule has 20 heavy (non-hydrogen) atoms. The molecule has 0 aliphatic heterocycles. The Balaban J connectivity index is 2.57. The number of aromatic nitrogens is 4. The molecule has 0 bridgehead atoms. The van der Waals surface area contributed by atoms with Gasteiger partial charge in [-0.25, -0.2) is 9.78 Å². The quantitative estimate of drug-likeness (QED) is 0.606. The lowest BCUT2D eigenvalue weighted by atomic mass is 10.2. The van der Waals surface area contributed by atoms with Crippen LogP contribution in [0.1, 0.15) is 10.4 Å². The Morgan fingerprint density at radius 2 is 1.95 bits per heavy atom. The largest absolute Gasteiger partial charge is 0.491 e. The maximum Gasteiger partial charge on any atom is 0.491 e. The van der Waals surface area contributed by atoms with E-state index >= 15 is 0 Å². The molecule has 12 nitrogen and oxygen atoms in total. The summed E-state index contributed by atoms with van der Waals surface area (Å²) < 4.78 is 0.724. The fourth-order valence-electron chi connectivity index (χ4n) is 1.31. The van der Waals surface area contributed by atoms with Gasteiger partial charge in [-0.05, 0) is 4.92 Å². The molecular formula is C8H4N6O6. The van der Waals surface area contributed by atoms with Crippen LogP contribution in [0.25, 0.3) is 5.82 Å². The van der Waals surface area contributed by atoms with Crippen molar-refractivity contribution in [2.24, 2.45) is 0 Å². The molecule has 0 unspecified atom stereocenters. The number of pyridine rings is 1. The van der Waals surface area contributed by atoms with Gasteiger partial charge < -0.3 is 15.2 Å². The maximum absolute atomic E-state index is 10.9. The Kier molecular flexibility index (Phi) is 3.04. The first-order valence-corrected chi connectivity index (χ1v) is 4.84. The molecule has 0 fully saturated rings. The Labute approximate surface area is 108 Å². The van der Waals surface area contributed by atoms with E-state index in [0.29, 0.717) is 0 Å². The van der Waals surface area contributed by atoms with E-state index < -0.39 is 33.0 Å². The highest BCUT2D eigenvalue weighted by Gasteiger charge is 2.25. The lowest BCUT2D eigenvalue weighted by Gasteiger charge is -1.99. The molecule has 1 N–H and O–H groups in total. The summed E-state index contributed by atoms with van der Waals surface area (Å²) in [6, 6.07) is 0.776. The van der Waals surface area contributed by atoms with Crippen molar-refractivity contribution in [3.05, 3.63) is 44.4 Å². The van der Waals surface area contributed by atoms with Gasteiger partial charge in [-0.2, -0.15) is 0 Å². The molecule has 0 spiro atoms. The summed E-state index contributed by atoms with van der Waals surface area (Å²) in [7, 11) is 0. The number of carboxylic acids is 1. The molecule has 0 aromatic carbocycles. The lowest BCUT2D eigenvalue weighted by molar-refractivity contribution is -0.394. The zero-order valence-corrected chi connectivity index (χ0v) is 9.40. The fourth-order valence-corrected chi connectivity index (χ4v) is 1.31. The molecule has 2 aromatic rings. The molecule has 0 aliphatic rings. The van der Waals surface area contributed by atoms with Crippen molar-refractivity contribution in [2.75, 3.05) is 0 Å². The van der Waals surface area contributed by atoms with Gasteiger partial charge in [0.05, 0.1) is 10.5 Å². The van der Waals surface area contributed by atoms with Gasteiger partial charge in [-0.1, -0.05) is 4.98 Å². The molecule has 12 heteroatoms. The Morgan fingerprint density at radius 3 is 2.45 bits per heavy atom. The van der Waals surface area contributed by atoms with Crippen LogP contribution in [0.2, 0.25) is 0 Å². The van der Waals surface area contributed by atoms with Gasteiger partial charge >= 0.3 is 17.6 Å². The van der Waals surface area contributed by atoms with Crippen molar-refractivity contribution in [1.29, 1.82) is 0 Å². The second-order valence-corrected chi connectivity index (χ2v) is 3.38. The molecule has 2 aromatic heterocycles. The van der Waals surface area contributed by atoms with Crippen molar-refractivity contribution in [3.63, 3.8) is 0 Å². The third-order valence-corrected chi connectivity index (χ3v) is 2.15. The highest BCUT2D eigenvalue weighted by atomic mass is 16.6. The molecule has 0 aliphatic carbocycles. The summed E-state index contributed by atoms with van der Waals surface area (Å²) in [5.74, 6) is -2.53. The van der Waals surface area contributed by atoms with Crippen molar-refractivity contribution < 1.29 is 19.7 Å². The van der Waals surface area contributed by atoms with E-state index in [1.54, 1.807) is 0 Å². The van der Waals surface area contributed by atoms with Crippen LogP contribution in [0.3, 0.4) is 0 Å². The Hall–Kier alpha value is -3.44. The summed E-state index contributed by atoms with van der Waals surface area (Å²) in [5, 5.41) is 33.5. The zero-order valence-electron chi connectivity index (χ0n) is 9.40. The SMILES string of the molecule is O=C(O)c1cnc(-n2cnc([N+](=O)[O-])n2)c([N+](=O)[O-])c1. The normalized spacial score (nSPS) is 10.2. The van der Waals surface area contributed by atoms with Crippen LogP contribution in [-0.2, 0) is 0 Å².